The molecule has 2 N–H and O–H groups in total. The first kappa shape index (κ1) is 19.9. The highest BCUT2D eigenvalue weighted by atomic mass is 32.2. The Morgan fingerprint density at radius 3 is 2.19 bits per heavy atom. The average Bonchev–Trinajstić information content (AvgIpc) is 2.65. The molecule has 0 unspecified atom stereocenters. The highest BCUT2D eigenvalue weighted by Crippen LogP contribution is 2.14. The Balaban J connectivity index is 1.92. The number of amides is 1. The van der Waals surface area contributed by atoms with Crippen LogP contribution in [0.25, 0.3) is 0 Å². The zero-order valence-electron chi connectivity index (χ0n) is 15.3. The zero-order chi connectivity index (χ0) is 19.2. The summed E-state index contributed by atoms with van der Waals surface area (Å²) in [5.41, 5.74) is 5.92. The lowest BCUT2D eigenvalue weighted by molar-refractivity contribution is -0.121. The molecule has 0 aromatic heterocycles. The number of nitrogens with one attached hydrogen (secondary N) is 2. The monoisotopic (exact) mass is 375 g/mol. The van der Waals surface area contributed by atoms with E-state index in [0.29, 0.717) is 19.4 Å². The molecule has 0 saturated heterocycles. The van der Waals surface area contributed by atoms with Crippen molar-refractivity contribution in [3.8, 4) is 0 Å². The molecular weight excluding hydrogens is 350 g/mol. The molecule has 0 aliphatic heterocycles. The van der Waals surface area contributed by atoms with Gasteiger partial charge in [0, 0.05) is 13.0 Å². The van der Waals surface area contributed by atoms with Crippen LogP contribution in [0.4, 0.5) is 5.69 Å². The Hall–Kier alpha value is -2.38. The minimum absolute atomic E-state index is 0.0839. The number of hydrogen-bond donors (Lipinski definition) is 2. The van der Waals surface area contributed by atoms with Crippen molar-refractivity contribution < 1.29 is 13.2 Å². The summed E-state index contributed by atoms with van der Waals surface area (Å²) in [6.07, 6.45) is 0.859. The molecule has 0 spiro atoms. The number of hydrazine groups is 1. The fourth-order valence-electron chi connectivity index (χ4n) is 2.47. The van der Waals surface area contributed by atoms with E-state index in [1.54, 1.807) is 24.3 Å². The fraction of sp³-hybridized carbons (Fsp3) is 0.316. The van der Waals surface area contributed by atoms with Gasteiger partial charge in [-0.25, -0.2) is 13.1 Å². The van der Waals surface area contributed by atoms with Gasteiger partial charge in [0.25, 0.3) is 0 Å². The summed E-state index contributed by atoms with van der Waals surface area (Å²) in [6.45, 7) is 4.65. The van der Waals surface area contributed by atoms with Crippen LogP contribution in [0.15, 0.2) is 53.4 Å². The van der Waals surface area contributed by atoms with Gasteiger partial charge in [0.1, 0.15) is 0 Å². The number of anilines is 1. The summed E-state index contributed by atoms with van der Waals surface area (Å²) in [4.78, 5) is 12.5. The summed E-state index contributed by atoms with van der Waals surface area (Å²) in [5.74, 6) is -0.0839. The zero-order valence-corrected chi connectivity index (χ0v) is 16.1. The molecule has 1 amide bonds. The van der Waals surface area contributed by atoms with Crippen LogP contribution in [-0.4, -0.2) is 27.9 Å². The van der Waals surface area contributed by atoms with Crippen LogP contribution in [-0.2, 0) is 21.2 Å². The van der Waals surface area contributed by atoms with E-state index in [2.05, 4.69) is 10.1 Å². The average molecular weight is 375 g/mol. The van der Waals surface area contributed by atoms with Gasteiger partial charge in [0.15, 0.2) is 0 Å². The maximum Gasteiger partial charge on any atom is 0.240 e. The first-order valence-corrected chi connectivity index (χ1v) is 10.00. The largest absolute Gasteiger partial charge is 0.286 e. The third-order valence-electron chi connectivity index (χ3n) is 4.06. The second-order valence-electron chi connectivity index (χ2n) is 5.97. The van der Waals surface area contributed by atoms with E-state index in [1.165, 1.54) is 12.6 Å². The van der Waals surface area contributed by atoms with Crippen molar-refractivity contribution >= 4 is 21.6 Å². The molecule has 0 aliphatic rings. The molecule has 2 rings (SSSR count). The summed E-state index contributed by atoms with van der Waals surface area (Å²) in [6, 6.07) is 14.5. The van der Waals surface area contributed by atoms with Crippen LogP contribution in [0.5, 0.6) is 0 Å². The van der Waals surface area contributed by atoms with E-state index in [0.717, 1.165) is 11.3 Å². The normalized spacial score (nSPS) is 11.2. The van der Waals surface area contributed by atoms with Gasteiger partial charge in [0.05, 0.1) is 10.6 Å². The van der Waals surface area contributed by atoms with E-state index in [9.17, 15) is 13.2 Å². The summed E-state index contributed by atoms with van der Waals surface area (Å²) < 4.78 is 25.7. The Morgan fingerprint density at radius 1 is 1.04 bits per heavy atom. The molecule has 140 valence electrons. The molecule has 0 atom stereocenters. The smallest absolute Gasteiger partial charge is 0.240 e. The number of hydrogen-bond acceptors (Lipinski definition) is 4. The van der Waals surface area contributed by atoms with Crippen molar-refractivity contribution in [2.24, 2.45) is 0 Å². The minimum Gasteiger partial charge on any atom is -0.286 e. The maximum absolute atomic E-state index is 12.2. The second-order valence-corrected chi connectivity index (χ2v) is 7.85. The van der Waals surface area contributed by atoms with E-state index in [4.69, 9.17) is 0 Å². The van der Waals surface area contributed by atoms with E-state index in [1.807, 2.05) is 43.1 Å². The molecule has 0 radical (unpaired) electrons. The van der Waals surface area contributed by atoms with Gasteiger partial charge in [-0.3, -0.25) is 15.2 Å². The summed E-state index contributed by atoms with van der Waals surface area (Å²) in [7, 11) is -2.06. The van der Waals surface area contributed by atoms with E-state index in [-0.39, 0.29) is 10.8 Å². The van der Waals surface area contributed by atoms with Crippen molar-refractivity contribution in [1.29, 1.82) is 0 Å². The van der Waals surface area contributed by atoms with Gasteiger partial charge in [-0.15, -0.1) is 0 Å². The number of aryl methyl sites for hydroxylation is 2. The van der Waals surface area contributed by atoms with Gasteiger partial charge in [0.2, 0.25) is 15.9 Å². The lowest BCUT2D eigenvalue weighted by Crippen LogP contribution is -2.42. The van der Waals surface area contributed by atoms with Crippen molar-refractivity contribution in [2.75, 3.05) is 18.6 Å². The third-order valence-corrected chi connectivity index (χ3v) is 5.49. The van der Waals surface area contributed by atoms with Crippen molar-refractivity contribution in [3.05, 3.63) is 59.7 Å². The molecule has 2 aromatic rings. The van der Waals surface area contributed by atoms with Gasteiger partial charge in [-0.05, 0) is 57.1 Å². The van der Waals surface area contributed by atoms with E-state index >= 15 is 0 Å². The lowest BCUT2D eigenvalue weighted by atomic mass is 10.1. The van der Waals surface area contributed by atoms with Crippen molar-refractivity contribution in [1.82, 2.24) is 10.1 Å². The summed E-state index contributed by atoms with van der Waals surface area (Å²) in [5, 5.41) is 1.81. The van der Waals surface area contributed by atoms with Crippen LogP contribution >= 0.6 is 0 Å². The molecule has 2 aromatic carbocycles. The number of rotatable bonds is 8. The molecule has 26 heavy (non-hydrogen) atoms. The van der Waals surface area contributed by atoms with Gasteiger partial charge < -0.3 is 0 Å². The molecule has 0 heterocycles. The van der Waals surface area contributed by atoms with Crippen LogP contribution in [0.2, 0.25) is 0 Å². The second kappa shape index (κ2) is 8.82. The molecule has 6 nitrogen and oxygen atoms in total. The molecular formula is C19H25N3O3S. The predicted molar refractivity (Wildman–Crippen MR) is 103 cm³/mol. The number of sulfonamides is 1. The van der Waals surface area contributed by atoms with Gasteiger partial charge in [-0.2, -0.15) is 0 Å². The molecule has 0 bridgehead atoms. The molecule has 7 heteroatoms. The topological polar surface area (TPSA) is 78.5 Å². The van der Waals surface area contributed by atoms with E-state index < -0.39 is 10.0 Å². The van der Waals surface area contributed by atoms with Crippen molar-refractivity contribution in [2.45, 2.75) is 31.6 Å². The number of nitrogens with zero attached hydrogens (tertiary/aromatic N) is 1. The highest BCUT2D eigenvalue weighted by Gasteiger charge is 2.12. The Bertz CT molecular complexity index is 831. The quantitative estimate of drug-likeness (QED) is 0.695. The van der Waals surface area contributed by atoms with Crippen LogP contribution < -0.4 is 15.2 Å². The first-order valence-electron chi connectivity index (χ1n) is 8.52. The fourth-order valence-corrected chi connectivity index (χ4v) is 3.20. The number of carbonyl (C=O) groups is 1. The minimum atomic E-state index is -3.44. The number of carbonyl (C=O) groups excluding carboxylic acids is 1. The Labute approximate surface area is 155 Å². The SMILES string of the molecule is CCN(NC(=O)CCc1ccc(S(=O)(=O)NC)cc1)c1ccc(C)cc1. The Morgan fingerprint density at radius 2 is 1.65 bits per heavy atom. The Kier molecular flexibility index (Phi) is 6.76. The molecule has 0 fully saturated rings. The van der Waals surface area contributed by atoms with Crippen molar-refractivity contribution in [3.63, 3.8) is 0 Å². The number of benzene rings is 2. The lowest BCUT2D eigenvalue weighted by Gasteiger charge is -2.24. The first-order chi connectivity index (χ1) is 12.4. The predicted octanol–water partition coefficient (Wildman–Crippen LogP) is 2.39. The molecule has 0 saturated carbocycles. The maximum atomic E-state index is 12.2. The van der Waals surface area contributed by atoms with Gasteiger partial charge >= 0.3 is 0 Å². The van der Waals surface area contributed by atoms with Crippen LogP contribution in [0.3, 0.4) is 0 Å². The third kappa shape index (κ3) is 5.31. The standard InChI is InChI=1S/C19H25N3O3S/c1-4-22(17-10-5-15(2)6-11-17)21-19(23)14-9-16-7-12-18(13-8-16)26(24,25)20-3/h5-8,10-13,20H,4,9,14H2,1-3H3,(H,21,23). The summed E-state index contributed by atoms with van der Waals surface area (Å²) >= 11 is 0. The van der Waals surface area contributed by atoms with Crippen LogP contribution in [0, 0.1) is 6.92 Å². The van der Waals surface area contributed by atoms with Gasteiger partial charge in [-0.1, -0.05) is 29.8 Å². The van der Waals surface area contributed by atoms with Crippen LogP contribution in [0.1, 0.15) is 24.5 Å². The molecule has 0 aliphatic carbocycles. The highest BCUT2D eigenvalue weighted by molar-refractivity contribution is 7.89.